The van der Waals surface area contributed by atoms with Crippen LogP contribution in [0.15, 0.2) is 42.5 Å². The number of hydrogen-bond acceptors (Lipinski definition) is 3. The Morgan fingerprint density at radius 1 is 1.04 bits per heavy atom. The van der Waals surface area contributed by atoms with Crippen LogP contribution >= 0.6 is 23.2 Å². The molecule has 1 saturated heterocycles. The first-order valence-electron chi connectivity index (χ1n) is 7.82. The van der Waals surface area contributed by atoms with Crippen LogP contribution in [-0.4, -0.2) is 24.5 Å². The van der Waals surface area contributed by atoms with Crippen LogP contribution in [0.4, 0.5) is 11.4 Å². The molecule has 0 radical (unpaired) electrons. The Morgan fingerprint density at radius 3 is 2.44 bits per heavy atom. The fraction of sp³-hybridized carbons (Fsp3) is 0.222. The highest BCUT2D eigenvalue weighted by Gasteiger charge is 2.23. The number of carbonyl (C=O) groups is 2. The van der Waals surface area contributed by atoms with E-state index >= 15 is 0 Å². The van der Waals surface area contributed by atoms with Crippen molar-refractivity contribution in [3.63, 3.8) is 0 Å². The third kappa shape index (κ3) is 4.51. The molecular formula is C18H16Cl2N2O3. The van der Waals surface area contributed by atoms with E-state index in [1.807, 2.05) is 0 Å². The van der Waals surface area contributed by atoms with Gasteiger partial charge in [-0.1, -0.05) is 23.2 Å². The van der Waals surface area contributed by atoms with E-state index in [2.05, 4.69) is 10.6 Å². The third-order valence-electron chi connectivity index (χ3n) is 3.81. The minimum absolute atomic E-state index is 0.188. The number of halogens is 2. The van der Waals surface area contributed by atoms with Gasteiger partial charge in [-0.2, -0.15) is 0 Å². The maximum Gasteiger partial charge on any atom is 0.255 e. The summed E-state index contributed by atoms with van der Waals surface area (Å²) in [7, 11) is 0. The lowest BCUT2D eigenvalue weighted by atomic mass is 10.2. The van der Waals surface area contributed by atoms with Gasteiger partial charge in [-0.3, -0.25) is 9.59 Å². The second kappa shape index (κ2) is 7.87. The van der Waals surface area contributed by atoms with E-state index in [0.29, 0.717) is 33.6 Å². The minimum atomic E-state index is -0.414. The lowest BCUT2D eigenvalue weighted by molar-refractivity contribution is -0.124. The summed E-state index contributed by atoms with van der Waals surface area (Å²) in [6.45, 7) is 0.606. The van der Waals surface area contributed by atoms with Gasteiger partial charge in [-0.25, -0.2) is 0 Å². The second-order valence-corrected chi connectivity index (χ2v) is 6.49. The average molecular weight is 379 g/mol. The lowest BCUT2D eigenvalue weighted by Gasteiger charge is -2.12. The molecule has 2 N–H and O–H groups in total. The van der Waals surface area contributed by atoms with Crippen LogP contribution in [0, 0.1) is 0 Å². The van der Waals surface area contributed by atoms with E-state index < -0.39 is 6.10 Å². The molecule has 1 fully saturated rings. The molecule has 5 nitrogen and oxygen atoms in total. The van der Waals surface area contributed by atoms with Crippen LogP contribution in [0.25, 0.3) is 0 Å². The van der Waals surface area contributed by atoms with Crippen LogP contribution in [0.3, 0.4) is 0 Å². The number of benzene rings is 2. The van der Waals surface area contributed by atoms with Gasteiger partial charge in [0.15, 0.2) is 0 Å². The van der Waals surface area contributed by atoms with Crippen molar-refractivity contribution in [2.45, 2.75) is 18.9 Å². The fourth-order valence-electron chi connectivity index (χ4n) is 2.50. The minimum Gasteiger partial charge on any atom is -0.368 e. The summed E-state index contributed by atoms with van der Waals surface area (Å²) in [6.07, 6.45) is 1.19. The molecule has 1 aliphatic heterocycles. The molecule has 0 saturated carbocycles. The summed E-state index contributed by atoms with van der Waals surface area (Å²) in [5.41, 5.74) is 1.47. The number of hydrogen-bond donors (Lipinski definition) is 2. The second-order valence-electron chi connectivity index (χ2n) is 5.65. The highest BCUT2D eigenvalue weighted by atomic mass is 35.5. The van der Waals surface area contributed by atoms with Crippen molar-refractivity contribution in [3.05, 3.63) is 58.1 Å². The lowest BCUT2D eigenvalue weighted by Crippen LogP contribution is -2.26. The summed E-state index contributed by atoms with van der Waals surface area (Å²) in [4.78, 5) is 24.3. The molecule has 1 unspecified atom stereocenters. The van der Waals surface area contributed by atoms with E-state index in [9.17, 15) is 9.59 Å². The Kier molecular flexibility index (Phi) is 5.58. The summed E-state index contributed by atoms with van der Waals surface area (Å²) < 4.78 is 5.34. The SMILES string of the molecule is O=C(Nc1ccc(NC(=O)C2CCCO2)cc1Cl)c1ccc(Cl)cc1. The van der Waals surface area contributed by atoms with E-state index in [1.165, 1.54) is 0 Å². The van der Waals surface area contributed by atoms with Crippen molar-refractivity contribution in [1.29, 1.82) is 0 Å². The van der Waals surface area contributed by atoms with Crippen LogP contribution in [0.1, 0.15) is 23.2 Å². The van der Waals surface area contributed by atoms with Gasteiger partial charge in [0.1, 0.15) is 6.10 Å². The number of nitrogens with one attached hydrogen (secondary N) is 2. The van der Waals surface area contributed by atoms with Crippen LogP contribution in [0.2, 0.25) is 10.0 Å². The van der Waals surface area contributed by atoms with Gasteiger partial charge in [0.05, 0.1) is 10.7 Å². The van der Waals surface area contributed by atoms with Crippen molar-refractivity contribution in [2.75, 3.05) is 17.2 Å². The zero-order valence-corrected chi connectivity index (χ0v) is 14.7. The normalized spacial score (nSPS) is 16.5. The van der Waals surface area contributed by atoms with Crippen molar-refractivity contribution >= 4 is 46.4 Å². The standard InChI is InChI=1S/C18H16Cl2N2O3/c19-12-5-3-11(4-6-12)17(23)22-15-8-7-13(10-14(15)20)21-18(24)16-2-1-9-25-16/h3-8,10,16H,1-2,9H2,(H,21,24)(H,22,23). The van der Waals surface area contributed by atoms with Crippen LogP contribution in [0.5, 0.6) is 0 Å². The van der Waals surface area contributed by atoms with Gasteiger partial charge in [0, 0.05) is 22.9 Å². The molecule has 0 spiro atoms. The summed E-state index contributed by atoms with van der Waals surface area (Å²) >= 11 is 12.0. The zero-order valence-electron chi connectivity index (χ0n) is 13.2. The third-order valence-corrected chi connectivity index (χ3v) is 4.38. The summed E-state index contributed by atoms with van der Waals surface area (Å²) in [6, 6.07) is 11.4. The molecule has 1 atom stereocenters. The molecule has 1 heterocycles. The van der Waals surface area contributed by atoms with Gasteiger partial charge >= 0.3 is 0 Å². The average Bonchev–Trinajstić information content (AvgIpc) is 3.12. The molecule has 2 amide bonds. The van der Waals surface area contributed by atoms with E-state index in [4.69, 9.17) is 27.9 Å². The Labute approximate surface area is 155 Å². The first kappa shape index (κ1) is 17.7. The van der Waals surface area contributed by atoms with E-state index in [0.717, 1.165) is 12.8 Å². The number of carbonyl (C=O) groups excluding carboxylic acids is 2. The molecule has 0 aromatic heterocycles. The van der Waals surface area contributed by atoms with Crippen molar-refractivity contribution in [1.82, 2.24) is 0 Å². The van der Waals surface area contributed by atoms with Crippen LogP contribution in [-0.2, 0) is 9.53 Å². The highest BCUT2D eigenvalue weighted by molar-refractivity contribution is 6.34. The molecule has 1 aliphatic rings. The predicted molar refractivity (Wildman–Crippen MR) is 98.5 cm³/mol. The Hall–Kier alpha value is -2.08. The molecule has 2 aromatic rings. The highest BCUT2D eigenvalue weighted by Crippen LogP contribution is 2.27. The molecule has 3 rings (SSSR count). The molecular weight excluding hydrogens is 363 g/mol. The zero-order chi connectivity index (χ0) is 17.8. The number of ether oxygens (including phenoxy) is 1. The first-order valence-corrected chi connectivity index (χ1v) is 8.57. The number of rotatable bonds is 4. The summed E-state index contributed by atoms with van der Waals surface area (Å²) in [5.74, 6) is -0.485. The van der Waals surface area contributed by atoms with Crippen LogP contribution < -0.4 is 10.6 Å². The van der Waals surface area contributed by atoms with E-state index in [1.54, 1.807) is 42.5 Å². The monoisotopic (exact) mass is 378 g/mol. The Bertz CT molecular complexity index is 787. The number of anilines is 2. The predicted octanol–water partition coefficient (Wildman–Crippen LogP) is 4.36. The Balaban J connectivity index is 1.66. The smallest absolute Gasteiger partial charge is 0.255 e. The maximum atomic E-state index is 12.2. The quantitative estimate of drug-likeness (QED) is 0.829. The maximum absolute atomic E-state index is 12.2. The van der Waals surface area contributed by atoms with Crippen molar-refractivity contribution in [2.24, 2.45) is 0 Å². The molecule has 2 aromatic carbocycles. The van der Waals surface area contributed by atoms with Gasteiger partial charge in [-0.15, -0.1) is 0 Å². The number of amides is 2. The first-order chi connectivity index (χ1) is 12.0. The molecule has 0 aliphatic carbocycles. The van der Waals surface area contributed by atoms with Crippen molar-refractivity contribution < 1.29 is 14.3 Å². The van der Waals surface area contributed by atoms with Gasteiger partial charge < -0.3 is 15.4 Å². The molecule has 0 bridgehead atoms. The molecule has 130 valence electrons. The van der Waals surface area contributed by atoms with Gasteiger partial charge in [-0.05, 0) is 55.3 Å². The van der Waals surface area contributed by atoms with Crippen molar-refractivity contribution in [3.8, 4) is 0 Å². The topological polar surface area (TPSA) is 67.4 Å². The van der Waals surface area contributed by atoms with Gasteiger partial charge in [0.25, 0.3) is 11.8 Å². The van der Waals surface area contributed by atoms with Gasteiger partial charge in [0.2, 0.25) is 0 Å². The molecule has 7 heteroatoms. The summed E-state index contributed by atoms with van der Waals surface area (Å²) in [5, 5.41) is 6.38. The Morgan fingerprint density at radius 2 is 1.80 bits per heavy atom. The fourth-order valence-corrected chi connectivity index (χ4v) is 2.85. The molecule has 25 heavy (non-hydrogen) atoms. The van der Waals surface area contributed by atoms with E-state index in [-0.39, 0.29) is 11.8 Å². The largest absolute Gasteiger partial charge is 0.368 e.